The lowest BCUT2D eigenvalue weighted by Crippen LogP contribution is -2.13. The summed E-state index contributed by atoms with van der Waals surface area (Å²) in [5.74, 6) is -1.19. The minimum atomic E-state index is -1.23. The second-order valence-electron chi connectivity index (χ2n) is 3.68. The molecule has 16 heavy (non-hydrogen) atoms. The van der Waals surface area contributed by atoms with Gasteiger partial charge in [0.2, 0.25) is 0 Å². The summed E-state index contributed by atoms with van der Waals surface area (Å²) in [5.41, 5.74) is 0. The van der Waals surface area contributed by atoms with Gasteiger partial charge >= 0.3 is 5.97 Å². The normalized spacial score (nSPS) is 13.6. The lowest BCUT2D eigenvalue weighted by molar-refractivity contribution is -0.145. The fourth-order valence-electron chi connectivity index (χ4n) is 0.911. The van der Waals surface area contributed by atoms with Crippen LogP contribution < -0.4 is 0 Å². The topological polar surface area (TPSA) is 98.0 Å². The highest BCUT2D eigenvalue weighted by Crippen LogP contribution is 2.05. The average molecular weight is 236 g/mol. The zero-order chi connectivity index (χ0) is 13.0. The number of carbonyl (C=O) groups is 1. The Morgan fingerprint density at radius 1 is 1.19 bits per heavy atom. The van der Waals surface area contributed by atoms with E-state index in [4.69, 9.17) is 15.3 Å². The van der Waals surface area contributed by atoms with Gasteiger partial charge in [0.1, 0.15) is 6.10 Å². The predicted octanol–water partition coefficient (Wildman–Crippen LogP) is 0.762. The van der Waals surface area contributed by atoms with E-state index in [2.05, 4.69) is 6.92 Å². The second-order valence-corrected chi connectivity index (χ2v) is 3.68. The molecule has 5 nitrogen and oxygen atoms in total. The van der Waals surface area contributed by atoms with Gasteiger partial charge in [0.15, 0.2) is 0 Å². The Morgan fingerprint density at radius 3 is 1.94 bits per heavy atom. The first-order valence-electron chi connectivity index (χ1n) is 5.65. The van der Waals surface area contributed by atoms with Crippen molar-refractivity contribution in [2.75, 3.05) is 6.61 Å². The van der Waals surface area contributed by atoms with Crippen LogP contribution in [0, 0.1) is 0 Å². The third-order valence-corrected chi connectivity index (χ3v) is 1.94. The molecule has 0 aliphatic heterocycles. The first-order valence-corrected chi connectivity index (χ1v) is 5.65. The molecule has 0 saturated carbocycles. The van der Waals surface area contributed by atoms with Crippen molar-refractivity contribution in [1.82, 2.24) is 0 Å². The van der Waals surface area contributed by atoms with Crippen LogP contribution in [-0.2, 0) is 4.79 Å². The van der Waals surface area contributed by atoms with Gasteiger partial charge in [-0.2, -0.15) is 0 Å². The Bertz CT molecular complexity index is 150. The van der Waals surface area contributed by atoms with Gasteiger partial charge in [0, 0.05) is 6.61 Å². The first kappa shape index (κ1) is 17.7. The van der Waals surface area contributed by atoms with E-state index >= 15 is 0 Å². The zero-order valence-corrected chi connectivity index (χ0v) is 10.1. The van der Waals surface area contributed by atoms with E-state index in [1.165, 1.54) is 6.92 Å². The molecule has 5 heteroatoms. The summed E-state index contributed by atoms with van der Waals surface area (Å²) in [6.45, 7) is 3.50. The summed E-state index contributed by atoms with van der Waals surface area (Å²) >= 11 is 0. The largest absolute Gasteiger partial charge is 0.479 e. The Balaban J connectivity index is 0. The van der Waals surface area contributed by atoms with Crippen molar-refractivity contribution in [3.8, 4) is 0 Å². The summed E-state index contributed by atoms with van der Waals surface area (Å²) in [7, 11) is 0. The smallest absolute Gasteiger partial charge is 0.332 e. The van der Waals surface area contributed by atoms with Crippen molar-refractivity contribution >= 4 is 5.97 Å². The van der Waals surface area contributed by atoms with Gasteiger partial charge < -0.3 is 20.4 Å². The second kappa shape index (κ2) is 12.4. The Morgan fingerprint density at radius 2 is 1.62 bits per heavy atom. The molecule has 0 radical (unpaired) electrons. The lowest BCUT2D eigenvalue weighted by Gasteiger charge is -2.07. The van der Waals surface area contributed by atoms with Crippen LogP contribution in [0.5, 0.6) is 0 Å². The molecule has 0 aromatic carbocycles. The number of rotatable bonds is 7. The van der Waals surface area contributed by atoms with E-state index in [0.717, 1.165) is 32.1 Å². The van der Waals surface area contributed by atoms with Crippen molar-refractivity contribution in [2.45, 2.75) is 58.2 Å². The number of aliphatic carboxylic acids is 1. The van der Waals surface area contributed by atoms with Crippen molar-refractivity contribution in [1.29, 1.82) is 0 Å². The Labute approximate surface area is 96.7 Å². The molecule has 0 aliphatic rings. The molecule has 0 aliphatic carbocycles. The lowest BCUT2D eigenvalue weighted by atomic mass is 10.1. The number of hydrogen-bond donors (Lipinski definition) is 4. The molecule has 0 amide bonds. The van der Waals surface area contributed by atoms with Crippen molar-refractivity contribution in [3.05, 3.63) is 0 Å². The van der Waals surface area contributed by atoms with Gasteiger partial charge in [-0.1, -0.05) is 19.8 Å². The summed E-state index contributed by atoms with van der Waals surface area (Å²) in [4.78, 5) is 9.45. The highest BCUT2D eigenvalue weighted by Gasteiger charge is 2.01. The molecule has 4 N–H and O–H groups in total. The number of carboxylic acid groups (broad SMARTS) is 1. The van der Waals surface area contributed by atoms with Crippen molar-refractivity contribution in [2.24, 2.45) is 0 Å². The molecule has 2 unspecified atom stereocenters. The summed E-state index contributed by atoms with van der Waals surface area (Å²) in [5, 5.41) is 33.4. The molecule has 98 valence electrons. The molecule has 2 atom stereocenters. The molecule has 0 rings (SSSR count). The molecule has 0 aromatic rings. The van der Waals surface area contributed by atoms with Crippen LogP contribution >= 0.6 is 0 Å². The van der Waals surface area contributed by atoms with Crippen LogP contribution in [0.4, 0.5) is 0 Å². The molecule has 0 heterocycles. The minimum absolute atomic E-state index is 0.188. The number of aliphatic hydroxyl groups is 3. The zero-order valence-electron chi connectivity index (χ0n) is 10.1. The SMILES string of the molecule is CC(O)C(=O)O.CCCCC(O)CCCO. The summed E-state index contributed by atoms with van der Waals surface area (Å²) < 4.78 is 0. The van der Waals surface area contributed by atoms with Crippen LogP contribution in [0.3, 0.4) is 0 Å². The number of unbranched alkanes of at least 4 members (excludes halogenated alkanes) is 1. The summed E-state index contributed by atoms with van der Waals surface area (Å²) in [6.07, 6.45) is 3.16. The van der Waals surface area contributed by atoms with E-state index < -0.39 is 12.1 Å². The molecule has 0 bridgehead atoms. The van der Waals surface area contributed by atoms with Crippen LogP contribution in [0.2, 0.25) is 0 Å². The van der Waals surface area contributed by atoms with Crippen molar-refractivity contribution in [3.63, 3.8) is 0 Å². The van der Waals surface area contributed by atoms with E-state index in [0.29, 0.717) is 0 Å². The highest BCUT2D eigenvalue weighted by atomic mass is 16.4. The van der Waals surface area contributed by atoms with E-state index in [1.54, 1.807) is 0 Å². The minimum Gasteiger partial charge on any atom is -0.479 e. The van der Waals surface area contributed by atoms with Gasteiger partial charge in [0.25, 0.3) is 0 Å². The highest BCUT2D eigenvalue weighted by molar-refractivity contribution is 5.71. The van der Waals surface area contributed by atoms with Crippen molar-refractivity contribution < 1.29 is 25.2 Å². The standard InChI is InChI=1S/C8H18O2.C3H6O3/c1-2-3-5-8(10)6-4-7-9;1-2(4)3(5)6/h8-10H,2-7H2,1H3;2,4H,1H3,(H,5,6). The third kappa shape index (κ3) is 15.8. The predicted molar refractivity (Wildman–Crippen MR) is 61.2 cm³/mol. The number of carboxylic acids is 1. The molecular weight excluding hydrogens is 212 g/mol. The average Bonchev–Trinajstić information content (AvgIpc) is 2.24. The van der Waals surface area contributed by atoms with Gasteiger partial charge in [-0.3, -0.25) is 0 Å². The third-order valence-electron chi connectivity index (χ3n) is 1.94. The van der Waals surface area contributed by atoms with Gasteiger partial charge in [0.05, 0.1) is 6.10 Å². The van der Waals surface area contributed by atoms with Crippen LogP contribution in [0.1, 0.15) is 46.0 Å². The monoisotopic (exact) mass is 236 g/mol. The summed E-state index contributed by atoms with van der Waals surface area (Å²) in [6, 6.07) is 0. The van der Waals surface area contributed by atoms with E-state index in [-0.39, 0.29) is 12.7 Å². The number of aliphatic hydroxyl groups excluding tert-OH is 3. The van der Waals surface area contributed by atoms with Crippen LogP contribution in [0.15, 0.2) is 0 Å². The molecule has 0 aromatic heterocycles. The Hall–Kier alpha value is -0.650. The van der Waals surface area contributed by atoms with E-state index in [1.807, 2.05) is 0 Å². The fraction of sp³-hybridized carbons (Fsp3) is 0.909. The van der Waals surface area contributed by atoms with Crippen LogP contribution in [0.25, 0.3) is 0 Å². The molecule has 0 spiro atoms. The Kier molecular flexibility index (Phi) is 13.8. The van der Waals surface area contributed by atoms with Gasteiger partial charge in [-0.05, 0) is 26.2 Å². The molecule has 0 saturated heterocycles. The van der Waals surface area contributed by atoms with Crippen LogP contribution in [-0.4, -0.2) is 45.2 Å². The molecular formula is C11H24O5. The fourth-order valence-corrected chi connectivity index (χ4v) is 0.911. The van der Waals surface area contributed by atoms with Gasteiger partial charge in [-0.15, -0.1) is 0 Å². The maximum atomic E-state index is 9.45. The quantitative estimate of drug-likeness (QED) is 0.523. The molecule has 0 fully saturated rings. The maximum Gasteiger partial charge on any atom is 0.332 e. The first-order chi connectivity index (χ1) is 7.45. The van der Waals surface area contributed by atoms with Gasteiger partial charge in [-0.25, -0.2) is 4.79 Å². The number of hydrogen-bond acceptors (Lipinski definition) is 4. The van der Waals surface area contributed by atoms with E-state index in [9.17, 15) is 9.90 Å². The maximum absolute atomic E-state index is 9.45.